The first kappa shape index (κ1) is 15.8. The summed E-state index contributed by atoms with van der Waals surface area (Å²) in [6.07, 6.45) is -2.13. The first-order valence-electron chi connectivity index (χ1n) is 6.02. The first-order chi connectivity index (χ1) is 8.62. The molecular formula is C11H23NO6. The highest BCUT2D eigenvalue weighted by Crippen LogP contribution is 2.29. The van der Waals surface area contributed by atoms with Gasteiger partial charge in [0.2, 0.25) is 0 Å². The van der Waals surface area contributed by atoms with Gasteiger partial charge in [-0.3, -0.25) is 4.90 Å². The van der Waals surface area contributed by atoms with Crippen molar-refractivity contribution in [2.24, 2.45) is 0 Å². The Morgan fingerprint density at radius 3 is 2.39 bits per heavy atom. The largest absolute Gasteiger partial charge is 0.394 e. The van der Waals surface area contributed by atoms with Crippen molar-refractivity contribution in [3.05, 3.63) is 0 Å². The lowest BCUT2D eigenvalue weighted by Crippen LogP contribution is -2.57. The Morgan fingerprint density at radius 1 is 1.17 bits per heavy atom. The summed E-state index contributed by atoms with van der Waals surface area (Å²) >= 11 is 0. The number of aliphatic hydroxyl groups is 4. The molecule has 7 nitrogen and oxygen atoms in total. The summed E-state index contributed by atoms with van der Waals surface area (Å²) in [7, 11) is 1.58. The molecule has 0 spiro atoms. The molecule has 1 heterocycles. The molecule has 1 aliphatic rings. The van der Waals surface area contributed by atoms with Gasteiger partial charge in [0.1, 0.15) is 6.10 Å². The lowest BCUT2D eigenvalue weighted by atomic mass is 9.94. The average Bonchev–Trinajstić information content (AvgIpc) is 2.62. The van der Waals surface area contributed by atoms with Crippen molar-refractivity contribution >= 4 is 0 Å². The summed E-state index contributed by atoms with van der Waals surface area (Å²) in [4.78, 5) is 1.66. The van der Waals surface area contributed by atoms with Crippen molar-refractivity contribution in [2.75, 3.05) is 53.2 Å². The van der Waals surface area contributed by atoms with Gasteiger partial charge in [-0.1, -0.05) is 0 Å². The zero-order valence-corrected chi connectivity index (χ0v) is 10.7. The fourth-order valence-electron chi connectivity index (χ4n) is 2.22. The molecule has 0 aromatic carbocycles. The molecule has 0 radical (unpaired) electrons. The molecule has 0 bridgehead atoms. The number of methoxy groups -OCH3 is 1. The smallest absolute Gasteiger partial charge is 0.104 e. The van der Waals surface area contributed by atoms with E-state index in [1.54, 1.807) is 12.0 Å². The Bertz CT molecular complexity index is 236. The van der Waals surface area contributed by atoms with Gasteiger partial charge >= 0.3 is 0 Å². The van der Waals surface area contributed by atoms with Crippen LogP contribution in [0.25, 0.3) is 0 Å². The number of hydrogen-bond acceptors (Lipinski definition) is 7. The predicted molar refractivity (Wildman–Crippen MR) is 63.2 cm³/mol. The average molecular weight is 265 g/mol. The molecule has 1 fully saturated rings. The van der Waals surface area contributed by atoms with Gasteiger partial charge in [0, 0.05) is 20.2 Å². The second kappa shape index (κ2) is 7.34. The maximum Gasteiger partial charge on any atom is 0.104 e. The third-order valence-corrected chi connectivity index (χ3v) is 3.44. The maximum atomic E-state index is 9.85. The number of rotatable bonds is 8. The monoisotopic (exact) mass is 265 g/mol. The molecule has 1 rings (SSSR count). The van der Waals surface area contributed by atoms with Crippen molar-refractivity contribution in [3.63, 3.8) is 0 Å². The molecule has 1 saturated heterocycles. The predicted octanol–water partition coefficient (Wildman–Crippen LogP) is -2.59. The normalized spacial score (nSPS) is 27.8. The van der Waals surface area contributed by atoms with Crippen LogP contribution in [0.2, 0.25) is 0 Å². The van der Waals surface area contributed by atoms with Gasteiger partial charge in [0.05, 0.1) is 44.7 Å². The first-order valence-corrected chi connectivity index (χ1v) is 6.02. The summed E-state index contributed by atoms with van der Waals surface area (Å²) < 4.78 is 10.1. The van der Waals surface area contributed by atoms with Gasteiger partial charge in [-0.15, -0.1) is 0 Å². The molecule has 0 aromatic heterocycles. The van der Waals surface area contributed by atoms with E-state index < -0.39 is 31.0 Å². The molecule has 0 amide bonds. The highest BCUT2D eigenvalue weighted by atomic mass is 16.5. The Balaban J connectivity index is 2.47. The zero-order chi connectivity index (χ0) is 13.6. The summed E-state index contributed by atoms with van der Waals surface area (Å²) in [5, 5.41) is 38.2. The number of likely N-dealkylation sites (tertiary alicyclic amines) is 1. The van der Waals surface area contributed by atoms with Crippen LogP contribution in [0.3, 0.4) is 0 Å². The SMILES string of the molecule is COCCOCCN1CC(O)C(O)C1(CO)CO. The third kappa shape index (κ3) is 3.18. The van der Waals surface area contributed by atoms with Gasteiger partial charge in [-0.2, -0.15) is 0 Å². The van der Waals surface area contributed by atoms with Gasteiger partial charge in [-0.05, 0) is 0 Å². The van der Waals surface area contributed by atoms with Crippen LogP contribution in [0.4, 0.5) is 0 Å². The molecule has 108 valence electrons. The van der Waals surface area contributed by atoms with Crippen LogP contribution in [0, 0.1) is 0 Å². The van der Waals surface area contributed by atoms with Gasteiger partial charge in [0.25, 0.3) is 0 Å². The highest BCUT2D eigenvalue weighted by molar-refractivity contribution is 5.06. The molecule has 0 saturated carbocycles. The van der Waals surface area contributed by atoms with Crippen LogP contribution < -0.4 is 0 Å². The van der Waals surface area contributed by atoms with E-state index in [2.05, 4.69) is 0 Å². The standard InChI is InChI=1S/C11H23NO6/c1-17-4-5-18-3-2-12-6-9(15)10(16)11(12,7-13)8-14/h9-10,13-16H,2-8H2,1H3. The summed E-state index contributed by atoms with van der Waals surface area (Å²) in [6, 6.07) is 0. The summed E-state index contributed by atoms with van der Waals surface area (Å²) in [6.45, 7) is 1.12. The Hall–Kier alpha value is -0.280. The van der Waals surface area contributed by atoms with E-state index in [0.29, 0.717) is 26.4 Å². The molecule has 2 atom stereocenters. The van der Waals surface area contributed by atoms with Crippen LogP contribution in [0.15, 0.2) is 0 Å². The Morgan fingerprint density at radius 2 is 1.83 bits per heavy atom. The lowest BCUT2D eigenvalue weighted by Gasteiger charge is -2.37. The van der Waals surface area contributed by atoms with Crippen molar-refractivity contribution in [1.29, 1.82) is 0 Å². The molecule has 7 heteroatoms. The second-order valence-electron chi connectivity index (χ2n) is 4.48. The van der Waals surface area contributed by atoms with E-state index in [0.717, 1.165) is 0 Å². The molecule has 0 aromatic rings. The lowest BCUT2D eigenvalue weighted by molar-refractivity contribution is -0.0704. The van der Waals surface area contributed by atoms with Crippen LogP contribution in [0.5, 0.6) is 0 Å². The Labute approximate surface area is 107 Å². The van der Waals surface area contributed by atoms with E-state index in [9.17, 15) is 20.4 Å². The minimum atomic E-state index is -1.19. The number of hydrogen-bond donors (Lipinski definition) is 4. The maximum absolute atomic E-state index is 9.85. The minimum Gasteiger partial charge on any atom is -0.394 e. The van der Waals surface area contributed by atoms with E-state index >= 15 is 0 Å². The Kier molecular flexibility index (Phi) is 6.44. The van der Waals surface area contributed by atoms with Gasteiger partial charge in [0.15, 0.2) is 0 Å². The van der Waals surface area contributed by atoms with Crippen LogP contribution in [0.1, 0.15) is 0 Å². The van der Waals surface area contributed by atoms with Crippen molar-refractivity contribution in [1.82, 2.24) is 4.90 Å². The van der Waals surface area contributed by atoms with Gasteiger partial charge < -0.3 is 29.9 Å². The molecule has 4 N–H and O–H groups in total. The fourth-order valence-corrected chi connectivity index (χ4v) is 2.22. The number of nitrogens with zero attached hydrogens (tertiary/aromatic N) is 1. The number of aliphatic hydroxyl groups excluding tert-OH is 4. The van der Waals surface area contributed by atoms with E-state index in [1.807, 2.05) is 0 Å². The minimum absolute atomic E-state index is 0.204. The van der Waals surface area contributed by atoms with E-state index in [-0.39, 0.29) is 6.54 Å². The third-order valence-electron chi connectivity index (χ3n) is 3.44. The number of ether oxygens (including phenoxy) is 2. The molecular weight excluding hydrogens is 242 g/mol. The molecule has 2 unspecified atom stereocenters. The van der Waals surface area contributed by atoms with Crippen LogP contribution in [-0.4, -0.2) is 96.3 Å². The van der Waals surface area contributed by atoms with Crippen molar-refractivity contribution in [2.45, 2.75) is 17.7 Å². The summed E-state index contributed by atoms with van der Waals surface area (Å²) in [5.74, 6) is 0. The molecule has 18 heavy (non-hydrogen) atoms. The van der Waals surface area contributed by atoms with Gasteiger partial charge in [-0.25, -0.2) is 0 Å². The number of β-amino-alcohol motifs (C(OH)–C–C–N with tert-alkyl or cyclic N) is 1. The summed E-state index contributed by atoms with van der Waals surface area (Å²) in [5.41, 5.74) is -1.19. The highest BCUT2D eigenvalue weighted by Gasteiger charge is 2.52. The van der Waals surface area contributed by atoms with Crippen molar-refractivity contribution in [3.8, 4) is 0 Å². The van der Waals surface area contributed by atoms with E-state index in [1.165, 1.54) is 0 Å². The van der Waals surface area contributed by atoms with Crippen LogP contribution >= 0.6 is 0 Å². The van der Waals surface area contributed by atoms with Crippen LogP contribution in [-0.2, 0) is 9.47 Å². The quantitative estimate of drug-likeness (QED) is 0.357. The zero-order valence-electron chi connectivity index (χ0n) is 10.7. The second-order valence-corrected chi connectivity index (χ2v) is 4.48. The fraction of sp³-hybridized carbons (Fsp3) is 1.00. The molecule has 1 aliphatic heterocycles. The van der Waals surface area contributed by atoms with Crippen molar-refractivity contribution < 1.29 is 29.9 Å². The molecule has 0 aliphatic carbocycles. The van der Waals surface area contributed by atoms with E-state index in [4.69, 9.17) is 9.47 Å². The topological polar surface area (TPSA) is 103 Å².